The summed E-state index contributed by atoms with van der Waals surface area (Å²) in [5.41, 5.74) is 2.16. The van der Waals surface area contributed by atoms with E-state index in [-0.39, 0.29) is 30.1 Å². The Kier molecular flexibility index (Phi) is 12.3. The van der Waals surface area contributed by atoms with E-state index in [4.69, 9.17) is 25.8 Å². The number of anilines is 1. The first-order chi connectivity index (χ1) is 21.0. The Morgan fingerprint density at radius 2 is 1.73 bits per heavy atom. The van der Waals surface area contributed by atoms with Crippen molar-refractivity contribution in [2.75, 3.05) is 70.6 Å². The number of nitrogens with one attached hydrogen (secondary N) is 1. The van der Waals surface area contributed by atoms with Crippen molar-refractivity contribution in [3.63, 3.8) is 0 Å². The molecule has 2 aromatic rings. The van der Waals surface area contributed by atoms with Gasteiger partial charge in [0, 0.05) is 49.9 Å². The van der Waals surface area contributed by atoms with Crippen molar-refractivity contribution in [2.24, 2.45) is 0 Å². The molecule has 2 aliphatic rings. The zero-order valence-electron chi connectivity index (χ0n) is 26.3. The Hall–Kier alpha value is -2.83. The summed E-state index contributed by atoms with van der Waals surface area (Å²) in [6, 6.07) is 7.44. The van der Waals surface area contributed by atoms with Crippen LogP contribution in [-0.4, -0.2) is 103 Å². The Bertz CT molecular complexity index is 1230. The molecule has 2 heterocycles. The van der Waals surface area contributed by atoms with Crippen molar-refractivity contribution >= 4 is 29.3 Å². The van der Waals surface area contributed by atoms with E-state index >= 15 is 0 Å². The van der Waals surface area contributed by atoms with Gasteiger partial charge in [0.1, 0.15) is 17.7 Å². The second-order valence-corrected chi connectivity index (χ2v) is 12.8. The number of hydrogen-bond acceptors (Lipinski definition) is 10. The summed E-state index contributed by atoms with van der Waals surface area (Å²) in [5, 5.41) is 14.4. The minimum absolute atomic E-state index is 0.0653. The van der Waals surface area contributed by atoms with Crippen LogP contribution in [0.25, 0.3) is 0 Å². The summed E-state index contributed by atoms with van der Waals surface area (Å²) < 4.78 is 16.4. The molecule has 1 saturated heterocycles. The zero-order chi connectivity index (χ0) is 31.7. The normalized spacial score (nSPS) is 19.1. The number of halogens is 1. The van der Waals surface area contributed by atoms with Gasteiger partial charge in [0.2, 0.25) is 5.91 Å². The summed E-state index contributed by atoms with van der Waals surface area (Å²) >= 11 is 6.13. The molecule has 2 N–H and O–H groups in total. The molecule has 4 rings (SSSR count). The first kappa shape index (κ1) is 34.1. The summed E-state index contributed by atoms with van der Waals surface area (Å²) in [5.74, 6) is 0.481. The lowest BCUT2D eigenvalue weighted by atomic mass is 9.97. The minimum Gasteiger partial charge on any atom is -0.460 e. The molecule has 1 aliphatic heterocycles. The van der Waals surface area contributed by atoms with Gasteiger partial charge in [-0.25, -0.2) is 9.97 Å². The maximum Gasteiger partial charge on any atom is 0.308 e. The molecule has 242 valence electrons. The van der Waals surface area contributed by atoms with Gasteiger partial charge >= 0.3 is 5.97 Å². The molecule has 0 radical (unpaired) electrons. The third-order valence-electron chi connectivity index (χ3n) is 7.75. The van der Waals surface area contributed by atoms with E-state index in [9.17, 15) is 14.7 Å². The number of nitrogens with zero attached hydrogens (tertiary/aromatic N) is 4. The van der Waals surface area contributed by atoms with Gasteiger partial charge in [-0.2, -0.15) is 0 Å². The molecule has 12 heteroatoms. The largest absolute Gasteiger partial charge is 0.460 e. The number of carbonyl (C=O) groups excluding carboxylic acids is 2. The fourth-order valence-electron chi connectivity index (χ4n) is 5.62. The minimum atomic E-state index is -0.549. The summed E-state index contributed by atoms with van der Waals surface area (Å²) in [7, 11) is 0. The van der Waals surface area contributed by atoms with E-state index in [1.807, 2.05) is 49.9 Å². The molecule has 0 bridgehead atoms. The molecular weight excluding hydrogens is 586 g/mol. The molecule has 1 amide bonds. The molecule has 1 aromatic heterocycles. The summed E-state index contributed by atoms with van der Waals surface area (Å²) in [6.07, 6.45) is 1.84. The van der Waals surface area contributed by atoms with Crippen LogP contribution in [0.2, 0.25) is 5.02 Å². The van der Waals surface area contributed by atoms with E-state index in [1.54, 1.807) is 0 Å². The average Bonchev–Trinajstić information content (AvgIpc) is 3.28. The fourth-order valence-corrected chi connectivity index (χ4v) is 5.74. The van der Waals surface area contributed by atoms with Gasteiger partial charge in [0.25, 0.3) is 0 Å². The topological polar surface area (TPSA) is 126 Å². The lowest BCUT2D eigenvalue weighted by Crippen LogP contribution is -2.51. The van der Waals surface area contributed by atoms with E-state index in [0.29, 0.717) is 77.1 Å². The van der Waals surface area contributed by atoms with E-state index in [1.165, 1.54) is 6.33 Å². The first-order valence-corrected chi connectivity index (χ1v) is 15.8. The van der Waals surface area contributed by atoms with Crippen molar-refractivity contribution in [3.8, 4) is 0 Å². The monoisotopic (exact) mass is 631 g/mol. The fraction of sp³-hybridized carbons (Fsp3) is 0.625. The average molecular weight is 632 g/mol. The van der Waals surface area contributed by atoms with Crippen molar-refractivity contribution < 1.29 is 28.9 Å². The number of hydrogen-bond donors (Lipinski definition) is 2. The maximum atomic E-state index is 13.8. The van der Waals surface area contributed by atoms with Gasteiger partial charge in [-0.15, -0.1) is 0 Å². The number of aromatic nitrogens is 2. The number of piperazine rings is 1. The van der Waals surface area contributed by atoms with Crippen LogP contribution in [0.3, 0.4) is 0 Å². The van der Waals surface area contributed by atoms with Gasteiger partial charge in [-0.05, 0) is 50.8 Å². The molecule has 11 nitrogen and oxygen atoms in total. The summed E-state index contributed by atoms with van der Waals surface area (Å²) in [6.45, 7) is 12.7. The van der Waals surface area contributed by atoms with Gasteiger partial charge in [0.05, 0.1) is 50.6 Å². The molecule has 1 fully saturated rings. The van der Waals surface area contributed by atoms with Crippen molar-refractivity contribution in [1.29, 1.82) is 0 Å². The highest BCUT2D eigenvalue weighted by Gasteiger charge is 2.35. The number of aliphatic hydroxyl groups is 1. The Balaban J connectivity index is 1.22. The van der Waals surface area contributed by atoms with Gasteiger partial charge in [-0.3, -0.25) is 9.59 Å². The standard InChI is InChI=1S/C32H46ClN5O6/c1-22-19-26(39)29-28(22)30(36-21-35-29)37-11-13-38(14-12-37)31(41)25(23-5-7-24(33)8-6-23)20-34-10-16-43-18-17-42-15-9-27(40)44-32(2,3)4/h5-8,21-22,25-26,34,39H,9-20H2,1-4H3/t22-,25-,26-/m1/s1. The number of benzene rings is 1. The molecule has 0 spiro atoms. The van der Waals surface area contributed by atoms with Crippen molar-refractivity contribution in [3.05, 3.63) is 52.4 Å². The van der Waals surface area contributed by atoms with Crippen LogP contribution in [0.1, 0.15) is 75.3 Å². The van der Waals surface area contributed by atoms with Crippen LogP contribution in [-0.2, 0) is 23.8 Å². The highest BCUT2D eigenvalue weighted by molar-refractivity contribution is 6.30. The zero-order valence-corrected chi connectivity index (χ0v) is 27.0. The molecule has 0 saturated carbocycles. The number of ether oxygens (including phenoxy) is 3. The van der Waals surface area contributed by atoms with Crippen LogP contribution in [0, 0.1) is 0 Å². The lowest BCUT2D eigenvalue weighted by molar-refractivity contribution is -0.156. The number of aliphatic hydroxyl groups excluding tert-OH is 1. The van der Waals surface area contributed by atoms with Crippen LogP contribution >= 0.6 is 11.6 Å². The second kappa shape index (κ2) is 15.9. The number of carbonyl (C=O) groups is 2. The molecule has 3 atom stereocenters. The van der Waals surface area contributed by atoms with Gasteiger partial charge < -0.3 is 34.4 Å². The molecule has 1 aliphatic carbocycles. The first-order valence-electron chi connectivity index (χ1n) is 15.4. The summed E-state index contributed by atoms with van der Waals surface area (Å²) in [4.78, 5) is 38.5. The highest BCUT2D eigenvalue weighted by Crippen LogP contribution is 2.42. The quantitative estimate of drug-likeness (QED) is 0.236. The van der Waals surface area contributed by atoms with Crippen LogP contribution in [0.5, 0.6) is 0 Å². The molecule has 44 heavy (non-hydrogen) atoms. The Labute approximate surface area is 265 Å². The predicted molar refractivity (Wildman–Crippen MR) is 168 cm³/mol. The predicted octanol–water partition coefficient (Wildman–Crippen LogP) is 3.46. The van der Waals surface area contributed by atoms with E-state index < -0.39 is 11.7 Å². The number of rotatable bonds is 14. The van der Waals surface area contributed by atoms with Crippen molar-refractivity contribution in [2.45, 2.75) is 64.1 Å². The Morgan fingerprint density at radius 1 is 1.05 bits per heavy atom. The highest BCUT2D eigenvalue weighted by atomic mass is 35.5. The Morgan fingerprint density at radius 3 is 2.41 bits per heavy atom. The smallest absolute Gasteiger partial charge is 0.308 e. The molecular formula is C32H46ClN5O6. The van der Waals surface area contributed by atoms with Crippen LogP contribution in [0.4, 0.5) is 5.82 Å². The van der Waals surface area contributed by atoms with Gasteiger partial charge in [0.15, 0.2) is 0 Å². The molecule has 0 unspecified atom stereocenters. The van der Waals surface area contributed by atoms with Gasteiger partial charge in [-0.1, -0.05) is 30.7 Å². The third-order valence-corrected chi connectivity index (χ3v) is 8.01. The number of amides is 1. The van der Waals surface area contributed by atoms with Crippen LogP contribution in [0.15, 0.2) is 30.6 Å². The lowest BCUT2D eigenvalue weighted by Gasteiger charge is -2.38. The maximum absolute atomic E-state index is 13.8. The number of esters is 1. The SMILES string of the molecule is C[C@@H]1C[C@@H](O)c2ncnc(N3CCN(C(=O)[C@H](CNCCOCCOCCC(=O)OC(C)(C)C)c4ccc(Cl)cc4)CC3)c21. The van der Waals surface area contributed by atoms with E-state index in [0.717, 1.165) is 22.6 Å². The van der Waals surface area contributed by atoms with Crippen molar-refractivity contribution in [1.82, 2.24) is 20.2 Å². The number of fused-ring (bicyclic) bond motifs is 1. The van der Waals surface area contributed by atoms with Crippen LogP contribution < -0.4 is 10.2 Å². The van der Waals surface area contributed by atoms with E-state index in [2.05, 4.69) is 27.1 Å². The third kappa shape index (κ3) is 9.58. The molecule has 1 aromatic carbocycles. The second-order valence-electron chi connectivity index (χ2n) is 12.3.